The first-order valence-corrected chi connectivity index (χ1v) is 4.22. The van der Waals surface area contributed by atoms with Crippen LogP contribution in [-0.4, -0.2) is 12.4 Å². The molecule has 0 radical (unpaired) electrons. The van der Waals surface area contributed by atoms with Crippen molar-refractivity contribution < 1.29 is 30.7 Å². The van der Waals surface area contributed by atoms with E-state index in [4.69, 9.17) is 0 Å². The van der Waals surface area contributed by atoms with Crippen LogP contribution in [0.25, 0.3) is 0 Å². The maximum atomic E-state index is 11.2. The zero-order valence-corrected chi connectivity index (χ0v) is 9.20. The Morgan fingerprint density at radius 3 is 1.12 bits per heavy atom. The lowest BCUT2D eigenvalue weighted by molar-refractivity contribution is -0.0859. The van der Waals surface area contributed by atoms with E-state index in [0.717, 1.165) is 0 Å². The van der Waals surface area contributed by atoms with Gasteiger partial charge >= 0.3 is 12.4 Å². The Labute approximate surface area is 100 Å². The number of rotatable bonds is 0. The molecular formula is C6H2Cl3F7. The first kappa shape index (κ1) is 18.2. The van der Waals surface area contributed by atoms with Gasteiger partial charge in [0.15, 0.2) is 0 Å². The van der Waals surface area contributed by atoms with Crippen LogP contribution in [0, 0.1) is 0 Å². The summed E-state index contributed by atoms with van der Waals surface area (Å²) in [4.78, 5) is 0. The van der Waals surface area contributed by atoms with E-state index >= 15 is 0 Å². The average Bonchev–Trinajstić information content (AvgIpc) is 2.13. The molecule has 0 N–H and O–H groups in total. The second-order valence-electron chi connectivity index (χ2n) is 1.91. The third kappa shape index (κ3) is 9.11. The number of alkyl halides is 6. The van der Waals surface area contributed by atoms with Crippen molar-refractivity contribution in [2.24, 2.45) is 0 Å². The van der Waals surface area contributed by atoms with Crippen LogP contribution in [-0.2, 0) is 0 Å². The molecule has 0 unspecified atom stereocenters. The average molecular weight is 313 g/mol. The molecule has 0 amide bonds. The Hall–Kier alpha value is -0.140. The van der Waals surface area contributed by atoms with Gasteiger partial charge in [0.2, 0.25) is 0 Å². The van der Waals surface area contributed by atoms with Crippen LogP contribution in [0.5, 0.6) is 0 Å². The highest BCUT2D eigenvalue weighted by Gasteiger charge is 2.32. The smallest absolute Gasteiger partial charge is 0.214 e. The molecule has 0 bridgehead atoms. The molecule has 0 aliphatic heterocycles. The molecule has 0 fully saturated rings. The molecule has 0 heterocycles. The molecule has 0 saturated carbocycles. The molecule has 10 heteroatoms. The summed E-state index contributed by atoms with van der Waals surface area (Å²) in [5.74, 6) is 0. The molecule has 16 heavy (non-hydrogen) atoms. The van der Waals surface area contributed by atoms with E-state index in [0.29, 0.717) is 0 Å². The van der Waals surface area contributed by atoms with Gasteiger partial charge in [-0.1, -0.05) is 34.8 Å². The molecule has 0 atom stereocenters. The predicted octanol–water partition coefficient (Wildman–Crippen LogP) is 5.47. The lowest BCUT2D eigenvalue weighted by atomic mass is 10.6. The topological polar surface area (TPSA) is 0 Å². The van der Waals surface area contributed by atoms with E-state index in [2.05, 4.69) is 34.8 Å². The van der Waals surface area contributed by atoms with Crippen molar-refractivity contribution in [3.8, 4) is 0 Å². The van der Waals surface area contributed by atoms with Crippen LogP contribution in [0.3, 0.4) is 0 Å². The highest BCUT2D eigenvalue weighted by molar-refractivity contribution is 6.37. The molecule has 0 aromatic heterocycles. The minimum Gasteiger partial charge on any atom is -0.214 e. The Morgan fingerprint density at radius 2 is 1.12 bits per heavy atom. The van der Waals surface area contributed by atoms with Gasteiger partial charge in [-0.15, -0.1) is 0 Å². The molecule has 96 valence electrons. The Bertz CT molecular complexity index is 234. The Kier molecular flexibility index (Phi) is 8.25. The lowest BCUT2D eigenvalue weighted by Crippen LogP contribution is -2.05. The first-order valence-electron chi connectivity index (χ1n) is 3.03. The molecule has 0 spiro atoms. The van der Waals surface area contributed by atoms with Crippen LogP contribution in [0.1, 0.15) is 0 Å². The SMILES string of the molecule is F/C=C(/Cl)C(F)(F)F.FC(F)(F)/C(Cl)=C\Cl. The lowest BCUT2D eigenvalue weighted by Gasteiger charge is -1.99. The minimum absolute atomic E-state index is 0.279. The normalized spacial score (nSPS) is 14.4. The van der Waals surface area contributed by atoms with E-state index < -0.39 is 28.7 Å². The summed E-state index contributed by atoms with van der Waals surface area (Å²) in [6, 6.07) is 0. The quantitative estimate of drug-likeness (QED) is 0.520. The van der Waals surface area contributed by atoms with Gasteiger partial charge in [0.1, 0.15) is 16.4 Å². The first-order chi connectivity index (χ1) is 6.96. The predicted molar refractivity (Wildman–Crippen MR) is 46.9 cm³/mol. The van der Waals surface area contributed by atoms with Crippen molar-refractivity contribution in [1.82, 2.24) is 0 Å². The van der Waals surface area contributed by atoms with Crippen LogP contribution < -0.4 is 0 Å². The fraction of sp³-hybridized carbons (Fsp3) is 0.333. The van der Waals surface area contributed by atoms with Gasteiger partial charge in [-0.2, -0.15) is 26.3 Å². The van der Waals surface area contributed by atoms with E-state index in [1.807, 2.05) is 0 Å². The van der Waals surface area contributed by atoms with E-state index in [-0.39, 0.29) is 5.54 Å². The van der Waals surface area contributed by atoms with Crippen molar-refractivity contribution in [3.63, 3.8) is 0 Å². The third-order valence-electron chi connectivity index (χ3n) is 0.733. The third-order valence-corrected chi connectivity index (χ3v) is 1.68. The zero-order chi connectivity index (χ0) is 13.6. The number of hydrogen-bond donors (Lipinski definition) is 0. The standard InChI is InChI=1S/C3HCl2F3.C3HClF4/c4-1-2(5)3(6,7)8;4-2(1-5)3(6,7)8/h2*1H/b2*2-1+. The number of halogens is 10. The summed E-state index contributed by atoms with van der Waals surface area (Å²) in [7, 11) is 0. The van der Waals surface area contributed by atoms with Crippen LogP contribution in [0.15, 0.2) is 21.9 Å². The number of hydrogen-bond acceptors (Lipinski definition) is 0. The Balaban J connectivity index is 0. The van der Waals surface area contributed by atoms with Crippen molar-refractivity contribution in [2.75, 3.05) is 0 Å². The van der Waals surface area contributed by atoms with Gasteiger partial charge in [-0.3, -0.25) is 0 Å². The minimum atomic E-state index is -4.74. The van der Waals surface area contributed by atoms with Gasteiger partial charge in [0, 0.05) is 5.54 Å². The summed E-state index contributed by atoms with van der Waals surface area (Å²) >= 11 is 13.5. The fourth-order valence-corrected chi connectivity index (χ4v) is 0.247. The highest BCUT2D eigenvalue weighted by Crippen LogP contribution is 2.29. The molecule has 0 nitrogen and oxygen atoms in total. The highest BCUT2D eigenvalue weighted by atomic mass is 35.5. The molecule has 0 aliphatic rings. The molecule has 0 saturated heterocycles. The Morgan fingerprint density at radius 1 is 0.812 bits per heavy atom. The van der Waals surface area contributed by atoms with E-state index in [1.165, 1.54) is 0 Å². The maximum absolute atomic E-state index is 11.2. The van der Waals surface area contributed by atoms with Crippen molar-refractivity contribution in [3.05, 3.63) is 21.9 Å². The maximum Gasteiger partial charge on any atom is 0.429 e. The number of allylic oxidation sites excluding steroid dienone is 2. The van der Waals surface area contributed by atoms with Crippen LogP contribution in [0.4, 0.5) is 30.7 Å². The van der Waals surface area contributed by atoms with Gasteiger partial charge in [0.05, 0.1) is 0 Å². The second-order valence-corrected chi connectivity index (χ2v) is 2.94. The summed E-state index contributed by atoms with van der Waals surface area (Å²) in [5.41, 5.74) is 0.279. The monoisotopic (exact) mass is 312 g/mol. The fourth-order valence-electron chi connectivity index (χ4n) is 0.124. The van der Waals surface area contributed by atoms with Gasteiger partial charge in [-0.05, 0) is 0 Å². The summed E-state index contributed by atoms with van der Waals surface area (Å²) in [5, 5.41) is -3.04. The van der Waals surface area contributed by atoms with Crippen molar-refractivity contribution in [1.29, 1.82) is 0 Å². The van der Waals surface area contributed by atoms with Crippen molar-refractivity contribution >= 4 is 34.8 Å². The molecule has 0 aliphatic carbocycles. The van der Waals surface area contributed by atoms with Gasteiger partial charge in [0.25, 0.3) is 0 Å². The van der Waals surface area contributed by atoms with Crippen LogP contribution in [0.2, 0.25) is 0 Å². The van der Waals surface area contributed by atoms with E-state index in [9.17, 15) is 30.7 Å². The molecular weight excluding hydrogens is 311 g/mol. The van der Waals surface area contributed by atoms with E-state index in [1.54, 1.807) is 0 Å². The van der Waals surface area contributed by atoms with Crippen molar-refractivity contribution in [2.45, 2.75) is 12.4 Å². The van der Waals surface area contributed by atoms with Gasteiger partial charge < -0.3 is 0 Å². The second kappa shape index (κ2) is 7.24. The molecule has 0 rings (SSSR count). The zero-order valence-electron chi connectivity index (χ0n) is 6.93. The molecule has 0 aromatic carbocycles. The summed E-state index contributed by atoms with van der Waals surface area (Å²) < 4.78 is 77.4. The van der Waals surface area contributed by atoms with Crippen LogP contribution >= 0.6 is 34.8 Å². The summed E-state index contributed by atoms with van der Waals surface area (Å²) in [6.07, 6.45) is -9.93. The van der Waals surface area contributed by atoms with Gasteiger partial charge in [-0.25, -0.2) is 4.39 Å². The largest absolute Gasteiger partial charge is 0.429 e. The molecule has 0 aromatic rings. The summed E-state index contributed by atoms with van der Waals surface area (Å²) in [6.45, 7) is 0.